The van der Waals surface area contributed by atoms with E-state index in [4.69, 9.17) is 0 Å². The Morgan fingerprint density at radius 3 is 1.03 bits per heavy atom. The van der Waals surface area contributed by atoms with E-state index >= 15 is 0 Å². The third-order valence-corrected chi connectivity index (χ3v) is 2.90. The Labute approximate surface area is 185 Å². The van der Waals surface area contributed by atoms with E-state index in [1.165, 1.54) is 39.8 Å². The second-order valence-corrected chi connectivity index (χ2v) is 5.04. The van der Waals surface area contributed by atoms with Crippen LogP contribution in [-0.2, 0) is 16.8 Å². The van der Waals surface area contributed by atoms with Gasteiger partial charge in [-0.25, -0.2) is 0 Å². The van der Waals surface area contributed by atoms with Crippen LogP contribution in [0.4, 0.5) is 0 Å². The normalized spacial score (nSPS) is 11.2. The molecule has 0 aliphatic carbocycles. The predicted octanol–water partition coefficient (Wildman–Crippen LogP) is 3.65. The first kappa shape index (κ1) is 31.3. The van der Waals surface area contributed by atoms with E-state index in [0.717, 1.165) is 0 Å². The van der Waals surface area contributed by atoms with E-state index in [1.807, 2.05) is 24.3 Å². The fraction of sp³-hybridized carbons (Fsp3) is 0.211. The van der Waals surface area contributed by atoms with Crippen LogP contribution in [0.3, 0.4) is 0 Å². The number of rotatable bonds is 2. The van der Waals surface area contributed by atoms with E-state index < -0.39 is 0 Å². The zero-order valence-electron chi connectivity index (χ0n) is 16.9. The summed E-state index contributed by atoms with van der Waals surface area (Å²) in [4.78, 5) is 3.78. The molecule has 1 radical (unpaired) electrons. The summed E-state index contributed by atoms with van der Waals surface area (Å²) in [6.07, 6.45) is 3.50. The number of para-hydroxylation sites is 1. The maximum Gasteiger partial charge on any atom is 0.0465 e. The summed E-state index contributed by atoms with van der Waals surface area (Å²) in [5.41, 5.74) is 0.556. The minimum absolute atomic E-state index is 0. The molecule has 0 N–H and O–H groups in total. The molecular weight excluding hydrogens is 437 g/mol. The number of benzene rings is 1. The minimum atomic E-state index is 0. The first-order chi connectivity index (χ1) is 13.8. The van der Waals surface area contributed by atoms with E-state index in [-0.39, 0.29) is 45.4 Å². The SMILES string of the molecule is CC(=N[O-])C(C)=N[O-].CC(=N[O-])C(C)=N[O-].[Co].[O-]c1ccccc1.c1ccncc1. The van der Waals surface area contributed by atoms with Crippen molar-refractivity contribution in [1.29, 1.82) is 0 Å². The van der Waals surface area contributed by atoms with Crippen LogP contribution < -0.4 is 5.11 Å². The molecule has 1 heterocycles. The summed E-state index contributed by atoms with van der Waals surface area (Å²) in [5.74, 6) is 0.0718. The van der Waals surface area contributed by atoms with Gasteiger partial charge in [-0.2, -0.15) is 0 Å². The molecule has 10 nitrogen and oxygen atoms in total. The molecule has 0 spiro atoms. The van der Waals surface area contributed by atoms with Gasteiger partial charge in [0.2, 0.25) is 0 Å². The van der Waals surface area contributed by atoms with E-state index in [2.05, 4.69) is 25.6 Å². The van der Waals surface area contributed by atoms with Crippen LogP contribution in [0.2, 0.25) is 0 Å². The summed E-state index contributed by atoms with van der Waals surface area (Å²) in [7, 11) is 0. The Hall–Kier alpha value is -3.44. The van der Waals surface area contributed by atoms with Gasteiger partial charge in [-0.15, -0.1) is 5.75 Å². The molecule has 0 saturated carbocycles. The monoisotopic (exact) mass is 459 g/mol. The zero-order valence-corrected chi connectivity index (χ0v) is 17.9. The third-order valence-electron chi connectivity index (χ3n) is 2.90. The molecule has 0 bridgehead atoms. The molecule has 0 saturated heterocycles. The first-order valence-corrected chi connectivity index (χ1v) is 8.09. The van der Waals surface area contributed by atoms with Gasteiger partial charge in [-0.1, -0.05) is 36.4 Å². The fourth-order valence-electron chi connectivity index (χ4n) is 0.997. The van der Waals surface area contributed by atoms with Crippen LogP contribution >= 0.6 is 0 Å². The fourth-order valence-corrected chi connectivity index (χ4v) is 0.997. The molecule has 2 aromatic rings. The molecular formula is C19H22CoN5O5-5. The van der Waals surface area contributed by atoms with Crippen molar-refractivity contribution in [1.82, 2.24) is 4.98 Å². The van der Waals surface area contributed by atoms with Gasteiger partial charge in [-0.05, 0) is 39.8 Å². The average molecular weight is 459 g/mol. The topological polar surface area (TPSA) is 178 Å². The van der Waals surface area contributed by atoms with Gasteiger partial charge in [0.1, 0.15) is 0 Å². The Kier molecular flexibility index (Phi) is 22.8. The molecule has 0 atom stereocenters. The molecule has 11 heteroatoms. The maximum atomic E-state index is 10.3. The predicted molar refractivity (Wildman–Crippen MR) is 116 cm³/mol. The smallest absolute Gasteiger partial charge is 0.0465 e. The summed E-state index contributed by atoms with van der Waals surface area (Å²) < 4.78 is 0. The summed E-state index contributed by atoms with van der Waals surface area (Å²) in [6, 6.07) is 14.0. The summed E-state index contributed by atoms with van der Waals surface area (Å²) >= 11 is 0. The van der Waals surface area contributed by atoms with Gasteiger partial charge < -0.3 is 46.6 Å². The zero-order chi connectivity index (χ0) is 22.5. The van der Waals surface area contributed by atoms with Crippen LogP contribution in [0, 0.1) is 20.8 Å². The van der Waals surface area contributed by atoms with Crippen molar-refractivity contribution in [3.05, 3.63) is 81.8 Å². The van der Waals surface area contributed by atoms with Crippen LogP contribution in [0.25, 0.3) is 0 Å². The summed E-state index contributed by atoms with van der Waals surface area (Å²) in [5, 5.41) is 58.6. The Morgan fingerprint density at radius 2 is 0.900 bits per heavy atom. The van der Waals surface area contributed by atoms with Crippen LogP contribution in [0.15, 0.2) is 81.5 Å². The maximum absolute atomic E-state index is 10.3. The molecule has 0 aliphatic heterocycles. The molecule has 0 unspecified atom stereocenters. The van der Waals surface area contributed by atoms with Crippen LogP contribution in [-0.4, -0.2) is 27.8 Å². The van der Waals surface area contributed by atoms with Crippen molar-refractivity contribution in [3.8, 4) is 5.75 Å². The van der Waals surface area contributed by atoms with Crippen LogP contribution in [0.1, 0.15) is 27.7 Å². The largest absolute Gasteiger partial charge is 0.872 e. The molecule has 1 aromatic heterocycles. The minimum Gasteiger partial charge on any atom is -0.872 e. The van der Waals surface area contributed by atoms with Gasteiger partial charge in [0.15, 0.2) is 0 Å². The molecule has 0 aliphatic rings. The van der Waals surface area contributed by atoms with Gasteiger partial charge in [0, 0.05) is 52.0 Å². The average Bonchev–Trinajstić information content (AvgIpc) is 2.79. The quantitative estimate of drug-likeness (QED) is 0.488. The van der Waals surface area contributed by atoms with Crippen molar-refractivity contribution in [2.24, 2.45) is 20.6 Å². The molecule has 0 amide bonds. The molecule has 0 fully saturated rings. The van der Waals surface area contributed by atoms with Gasteiger partial charge >= 0.3 is 0 Å². The second-order valence-electron chi connectivity index (χ2n) is 5.04. The molecule has 30 heavy (non-hydrogen) atoms. The van der Waals surface area contributed by atoms with Gasteiger partial charge in [0.25, 0.3) is 0 Å². The van der Waals surface area contributed by atoms with Crippen molar-refractivity contribution >= 4 is 22.8 Å². The van der Waals surface area contributed by atoms with Crippen molar-refractivity contribution in [2.75, 3.05) is 0 Å². The van der Waals surface area contributed by atoms with Gasteiger partial charge in [0.05, 0.1) is 0 Å². The van der Waals surface area contributed by atoms with Crippen molar-refractivity contribution in [3.63, 3.8) is 0 Å². The molecule has 167 valence electrons. The first-order valence-electron chi connectivity index (χ1n) is 8.09. The Bertz CT molecular complexity index is 679. The van der Waals surface area contributed by atoms with Crippen molar-refractivity contribution in [2.45, 2.75) is 27.7 Å². The van der Waals surface area contributed by atoms with Crippen LogP contribution in [0.5, 0.6) is 5.75 Å². The van der Waals surface area contributed by atoms with E-state index in [0.29, 0.717) is 0 Å². The van der Waals surface area contributed by atoms with Crippen molar-refractivity contribution < 1.29 is 21.9 Å². The molecule has 1 aromatic carbocycles. The number of pyridine rings is 1. The number of hydrogen-bond acceptors (Lipinski definition) is 10. The Balaban J connectivity index is -0.000000321. The Morgan fingerprint density at radius 1 is 0.600 bits per heavy atom. The van der Waals surface area contributed by atoms with Gasteiger partial charge in [-0.3, -0.25) is 4.98 Å². The number of hydrogen-bond donors (Lipinski definition) is 0. The summed E-state index contributed by atoms with van der Waals surface area (Å²) in [6.45, 7) is 5.74. The number of aromatic nitrogens is 1. The third kappa shape index (κ3) is 19.3. The standard InChI is InChI=1S/C6H6O.C5H5N.2C4H8N2O2.Co/c7-6-4-2-1-3-5-6;1-2-4-6-5-3-1;2*1-3(5-7)4(2)6-8;/h1-5,7H;1-5H;2*7-8H,1-2H3;/p-5. The molecule has 2 rings (SSSR count). The van der Waals surface area contributed by atoms with E-state index in [1.54, 1.807) is 24.5 Å². The van der Waals surface area contributed by atoms with E-state index in [9.17, 15) is 25.9 Å². The second kappa shape index (κ2) is 21.9. The number of nitrogens with zero attached hydrogens (tertiary/aromatic N) is 5.